The first-order valence-corrected chi connectivity index (χ1v) is 30.3. The van der Waals surface area contributed by atoms with Gasteiger partial charge in [0.25, 0.3) is 0 Å². The SMILES string of the molecule is COCCOCCOCCOCCCCOc1cc(OC)c(-c2c(C)c(-c3cc(C(=O)O)c(OCCCCOCCOCCOCCOC)cc3OC)c(C)c(-c3cc(C(=O)O)c(OCCCCOCCOCCOCCOC)cc3OC)c2C)cc1C(=O)O. The van der Waals surface area contributed by atoms with Gasteiger partial charge in [0.15, 0.2) is 0 Å². The minimum absolute atomic E-state index is 0.0713. The standard InChI is InChI=1S/C66H96O24/c1-46-61(49-40-52(64(67)68)58(43-55(49)76-7)88-19-13-10-16-79-28-31-85-37-34-82-25-22-73-4)47(2)63(51-42-54(66(71)72)60(45-57(51)78-9)90-21-15-12-18-81-30-33-87-39-36-84-27-24-75-6)48(3)62(46)50-41-53(65(69)70)59(44-56(50)77-8)89-20-14-11-17-80-29-32-86-38-35-83-26-23-74-5/h40-45H,10-39H2,1-9H3,(H,67,68)(H,69,70)(H,71,72). The zero-order valence-corrected chi connectivity index (χ0v) is 54.1. The Morgan fingerprint density at radius 2 is 0.478 bits per heavy atom. The van der Waals surface area contributed by atoms with Crippen LogP contribution in [0.25, 0.3) is 33.4 Å². The van der Waals surface area contributed by atoms with Crippen molar-refractivity contribution in [2.45, 2.75) is 59.3 Å². The summed E-state index contributed by atoms with van der Waals surface area (Å²) in [7, 11) is 9.22. The molecule has 0 aromatic heterocycles. The van der Waals surface area contributed by atoms with E-state index in [0.717, 1.165) is 0 Å². The number of aromatic carboxylic acids is 3. The Labute approximate surface area is 529 Å². The Bertz CT molecular complexity index is 2420. The number of carboxylic acid groups (broad SMARTS) is 3. The van der Waals surface area contributed by atoms with E-state index in [1.807, 2.05) is 20.8 Å². The van der Waals surface area contributed by atoms with Gasteiger partial charge in [-0.25, -0.2) is 14.4 Å². The second-order valence-corrected chi connectivity index (χ2v) is 20.2. The molecule has 0 saturated carbocycles. The Morgan fingerprint density at radius 1 is 0.278 bits per heavy atom. The van der Waals surface area contributed by atoms with Crippen LogP contribution in [0.2, 0.25) is 0 Å². The average Bonchev–Trinajstić information content (AvgIpc) is 0.735. The van der Waals surface area contributed by atoms with E-state index in [-0.39, 0.29) is 71.0 Å². The second-order valence-electron chi connectivity index (χ2n) is 20.2. The van der Waals surface area contributed by atoms with Gasteiger partial charge < -0.3 is 101 Å². The molecule has 0 heterocycles. The fraction of sp³-hybridized carbons (Fsp3) is 0.591. The van der Waals surface area contributed by atoms with Crippen LogP contribution < -0.4 is 28.4 Å². The topological polar surface area (TPSA) is 278 Å². The maximum atomic E-state index is 13.3. The van der Waals surface area contributed by atoms with Crippen LogP contribution in [-0.2, 0) is 56.8 Å². The van der Waals surface area contributed by atoms with E-state index in [4.69, 9.17) is 85.3 Å². The molecule has 0 unspecified atom stereocenters. The van der Waals surface area contributed by atoms with Crippen LogP contribution in [0.4, 0.5) is 0 Å². The summed E-state index contributed by atoms with van der Waals surface area (Å²) in [6, 6.07) is 9.04. The number of hydrogen-bond acceptors (Lipinski definition) is 21. The third-order valence-corrected chi connectivity index (χ3v) is 14.0. The molecule has 24 nitrogen and oxygen atoms in total. The van der Waals surface area contributed by atoms with E-state index in [0.29, 0.717) is 227 Å². The first kappa shape index (κ1) is 76.1. The zero-order chi connectivity index (χ0) is 65.3. The number of methoxy groups -OCH3 is 6. The second kappa shape index (κ2) is 45.0. The van der Waals surface area contributed by atoms with Gasteiger partial charge in [0.2, 0.25) is 0 Å². The molecule has 0 aliphatic rings. The van der Waals surface area contributed by atoms with Crippen molar-refractivity contribution in [1.29, 1.82) is 0 Å². The number of rotatable bonds is 54. The molecule has 0 aliphatic heterocycles. The van der Waals surface area contributed by atoms with Gasteiger partial charge in [-0.05, 0) is 111 Å². The van der Waals surface area contributed by atoms with Gasteiger partial charge in [-0.3, -0.25) is 0 Å². The molecule has 4 rings (SSSR count). The lowest BCUT2D eigenvalue weighted by molar-refractivity contribution is 0.00304. The number of benzene rings is 4. The molecule has 0 saturated heterocycles. The molecule has 3 N–H and O–H groups in total. The summed E-state index contributed by atoms with van der Waals surface area (Å²) >= 11 is 0. The van der Waals surface area contributed by atoms with Crippen molar-refractivity contribution >= 4 is 17.9 Å². The van der Waals surface area contributed by atoms with Gasteiger partial charge in [0.05, 0.1) is 160 Å². The Kier molecular flexibility index (Phi) is 38.0. The predicted molar refractivity (Wildman–Crippen MR) is 335 cm³/mol. The van der Waals surface area contributed by atoms with Crippen molar-refractivity contribution < 1.29 is 115 Å². The number of unbranched alkanes of at least 4 members (excludes halogenated alkanes) is 3. The Morgan fingerprint density at radius 3 is 0.678 bits per heavy atom. The molecule has 4 aromatic rings. The van der Waals surface area contributed by atoms with E-state index < -0.39 is 17.9 Å². The molecule has 0 radical (unpaired) electrons. The van der Waals surface area contributed by atoms with Crippen LogP contribution in [0.15, 0.2) is 36.4 Å². The molecule has 0 bridgehead atoms. The molecule has 0 spiro atoms. The highest BCUT2D eigenvalue weighted by Crippen LogP contribution is 2.51. The number of hydrogen-bond donors (Lipinski definition) is 3. The molecular weight excluding hydrogens is 1180 g/mol. The maximum absolute atomic E-state index is 13.3. The predicted octanol–water partition coefficient (Wildman–Crippen LogP) is 9.30. The highest BCUT2D eigenvalue weighted by Gasteiger charge is 2.30. The van der Waals surface area contributed by atoms with Gasteiger partial charge in [0.1, 0.15) is 51.2 Å². The molecule has 0 atom stereocenters. The molecule has 24 heteroatoms. The van der Waals surface area contributed by atoms with Crippen LogP contribution in [0.1, 0.15) is 86.3 Å². The van der Waals surface area contributed by atoms with Gasteiger partial charge in [-0.2, -0.15) is 0 Å². The summed E-state index contributed by atoms with van der Waals surface area (Å²) in [4.78, 5) is 39.8. The van der Waals surface area contributed by atoms with Gasteiger partial charge >= 0.3 is 17.9 Å². The van der Waals surface area contributed by atoms with Crippen molar-refractivity contribution in [3.8, 4) is 67.9 Å². The van der Waals surface area contributed by atoms with Crippen molar-refractivity contribution in [1.82, 2.24) is 0 Å². The van der Waals surface area contributed by atoms with Gasteiger partial charge in [-0.15, -0.1) is 0 Å². The Balaban J connectivity index is 1.70. The summed E-state index contributed by atoms with van der Waals surface area (Å²) < 4.78 is 102. The van der Waals surface area contributed by atoms with Crippen LogP contribution in [-0.4, -0.2) is 234 Å². The van der Waals surface area contributed by atoms with Crippen LogP contribution in [0.5, 0.6) is 34.5 Å². The summed E-state index contributed by atoms with van der Waals surface area (Å²) in [6.45, 7) is 15.5. The maximum Gasteiger partial charge on any atom is 0.339 e. The summed E-state index contributed by atoms with van der Waals surface area (Å²) in [6.07, 6.45) is 3.54. The van der Waals surface area contributed by atoms with Crippen LogP contribution in [0.3, 0.4) is 0 Å². The van der Waals surface area contributed by atoms with Crippen molar-refractivity contribution in [2.75, 3.05) is 201 Å². The van der Waals surface area contributed by atoms with E-state index in [2.05, 4.69) is 0 Å². The monoisotopic (exact) mass is 1270 g/mol. The largest absolute Gasteiger partial charge is 0.496 e. The number of carboxylic acids is 3. The van der Waals surface area contributed by atoms with Crippen molar-refractivity contribution in [2.24, 2.45) is 0 Å². The molecule has 0 fully saturated rings. The van der Waals surface area contributed by atoms with Gasteiger partial charge in [0, 0.05) is 76.0 Å². The van der Waals surface area contributed by atoms with E-state index >= 15 is 0 Å². The Hall–Kier alpha value is -6.39. The minimum Gasteiger partial charge on any atom is -0.496 e. The van der Waals surface area contributed by atoms with Crippen molar-refractivity contribution in [3.05, 3.63) is 69.8 Å². The van der Waals surface area contributed by atoms with E-state index in [1.165, 1.54) is 57.7 Å². The van der Waals surface area contributed by atoms with Crippen LogP contribution in [0, 0.1) is 20.8 Å². The molecular formula is C66H96O24. The number of ether oxygens (including phenoxy) is 18. The lowest BCUT2D eigenvalue weighted by Crippen LogP contribution is -2.12. The molecule has 0 aliphatic carbocycles. The summed E-state index contributed by atoms with van der Waals surface area (Å²) in [5, 5.41) is 32.4. The first-order chi connectivity index (χ1) is 43.8. The fourth-order valence-electron chi connectivity index (χ4n) is 9.58. The summed E-state index contributed by atoms with van der Waals surface area (Å²) in [5.74, 6) is -2.81. The lowest BCUT2D eigenvalue weighted by atomic mass is 9.79. The third-order valence-electron chi connectivity index (χ3n) is 14.0. The minimum atomic E-state index is -1.27. The zero-order valence-electron chi connectivity index (χ0n) is 54.1. The first-order valence-electron chi connectivity index (χ1n) is 30.3. The molecule has 0 amide bonds. The smallest absolute Gasteiger partial charge is 0.339 e. The highest BCUT2D eigenvalue weighted by molar-refractivity contribution is 6.01. The van der Waals surface area contributed by atoms with E-state index in [1.54, 1.807) is 21.3 Å². The lowest BCUT2D eigenvalue weighted by Gasteiger charge is -2.27. The number of carbonyl (C=O) groups is 3. The van der Waals surface area contributed by atoms with E-state index in [9.17, 15) is 29.7 Å². The third kappa shape index (κ3) is 25.7. The quantitative estimate of drug-likeness (QED) is 0.0347. The highest BCUT2D eigenvalue weighted by atomic mass is 16.6. The summed E-state index contributed by atoms with van der Waals surface area (Å²) in [5.41, 5.74) is 3.84. The van der Waals surface area contributed by atoms with Crippen LogP contribution >= 0.6 is 0 Å². The van der Waals surface area contributed by atoms with Gasteiger partial charge in [-0.1, -0.05) is 0 Å². The normalized spacial score (nSPS) is 11.3. The average molecular weight is 1270 g/mol. The molecule has 4 aromatic carbocycles. The molecule has 504 valence electrons. The van der Waals surface area contributed by atoms with Crippen molar-refractivity contribution in [3.63, 3.8) is 0 Å². The molecule has 90 heavy (non-hydrogen) atoms. The fourth-order valence-corrected chi connectivity index (χ4v) is 9.58.